The van der Waals surface area contributed by atoms with Crippen molar-refractivity contribution in [1.29, 1.82) is 0 Å². The van der Waals surface area contributed by atoms with E-state index in [2.05, 4.69) is 5.32 Å². The highest BCUT2D eigenvalue weighted by molar-refractivity contribution is 5.85. The Kier molecular flexibility index (Phi) is 7.85. The summed E-state index contributed by atoms with van der Waals surface area (Å²) >= 11 is 0. The number of hydrogen-bond donors (Lipinski definition) is 3. The van der Waals surface area contributed by atoms with Crippen LogP contribution in [0.2, 0.25) is 0 Å². The molecule has 0 bridgehead atoms. The molecule has 2 fully saturated rings. The first kappa shape index (κ1) is 17.7. The molecular formula is C15H29ClN2O2. The molecule has 3 atom stereocenters. The minimum Gasteiger partial charge on any atom is -0.391 e. The van der Waals surface area contributed by atoms with Crippen molar-refractivity contribution in [3.63, 3.8) is 0 Å². The van der Waals surface area contributed by atoms with E-state index in [4.69, 9.17) is 5.73 Å². The Morgan fingerprint density at radius 3 is 2.50 bits per heavy atom. The maximum absolute atomic E-state index is 12.1. The fourth-order valence-electron chi connectivity index (χ4n) is 3.50. The van der Waals surface area contributed by atoms with E-state index < -0.39 is 0 Å². The topological polar surface area (TPSA) is 75.4 Å². The number of aliphatic hydroxyl groups excluding tert-OH is 1. The second-order valence-corrected chi connectivity index (χ2v) is 6.33. The zero-order valence-corrected chi connectivity index (χ0v) is 13.0. The van der Waals surface area contributed by atoms with Crippen LogP contribution in [0.25, 0.3) is 0 Å². The molecule has 0 aromatic rings. The highest BCUT2D eigenvalue weighted by Gasteiger charge is 2.27. The molecule has 4 N–H and O–H groups in total. The fraction of sp³-hybridized carbons (Fsp3) is 0.933. The lowest BCUT2D eigenvalue weighted by molar-refractivity contribution is -0.126. The molecule has 0 aromatic carbocycles. The van der Waals surface area contributed by atoms with E-state index in [0.29, 0.717) is 12.5 Å². The molecule has 2 aliphatic rings. The van der Waals surface area contributed by atoms with Gasteiger partial charge >= 0.3 is 0 Å². The Bertz CT molecular complexity index is 296. The summed E-state index contributed by atoms with van der Waals surface area (Å²) in [6.07, 6.45) is 9.37. The number of aliphatic hydroxyl groups is 1. The molecule has 0 saturated heterocycles. The predicted octanol–water partition coefficient (Wildman–Crippen LogP) is 1.98. The first-order valence-corrected chi connectivity index (χ1v) is 7.88. The Morgan fingerprint density at radius 2 is 1.85 bits per heavy atom. The van der Waals surface area contributed by atoms with Gasteiger partial charge in [-0.3, -0.25) is 4.79 Å². The van der Waals surface area contributed by atoms with E-state index in [-0.39, 0.29) is 36.4 Å². The van der Waals surface area contributed by atoms with Crippen LogP contribution in [0.4, 0.5) is 0 Å². The summed E-state index contributed by atoms with van der Waals surface area (Å²) in [7, 11) is 0. The lowest BCUT2D eigenvalue weighted by Crippen LogP contribution is -2.42. The molecule has 20 heavy (non-hydrogen) atoms. The van der Waals surface area contributed by atoms with Crippen molar-refractivity contribution in [3.05, 3.63) is 0 Å². The molecule has 118 valence electrons. The third kappa shape index (κ3) is 5.23. The van der Waals surface area contributed by atoms with E-state index in [1.54, 1.807) is 0 Å². The van der Waals surface area contributed by atoms with E-state index in [0.717, 1.165) is 38.5 Å². The van der Waals surface area contributed by atoms with E-state index >= 15 is 0 Å². The van der Waals surface area contributed by atoms with Gasteiger partial charge in [0.05, 0.1) is 6.10 Å². The second kappa shape index (κ2) is 8.85. The third-order valence-electron chi connectivity index (χ3n) is 4.76. The molecule has 0 aliphatic heterocycles. The van der Waals surface area contributed by atoms with Gasteiger partial charge in [-0.2, -0.15) is 0 Å². The number of hydrogen-bond acceptors (Lipinski definition) is 3. The smallest absolute Gasteiger partial charge is 0.223 e. The van der Waals surface area contributed by atoms with Crippen molar-refractivity contribution in [2.24, 2.45) is 17.6 Å². The monoisotopic (exact) mass is 304 g/mol. The number of halogens is 1. The van der Waals surface area contributed by atoms with Gasteiger partial charge in [0.15, 0.2) is 0 Å². The van der Waals surface area contributed by atoms with Crippen molar-refractivity contribution >= 4 is 18.3 Å². The van der Waals surface area contributed by atoms with Gasteiger partial charge in [-0.1, -0.05) is 25.7 Å². The number of carbonyl (C=O) groups excluding carboxylic acids is 1. The van der Waals surface area contributed by atoms with Gasteiger partial charge < -0.3 is 16.2 Å². The zero-order chi connectivity index (χ0) is 13.7. The summed E-state index contributed by atoms with van der Waals surface area (Å²) in [6, 6.07) is 0.174. The van der Waals surface area contributed by atoms with Crippen molar-refractivity contribution < 1.29 is 9.90 Å². The molecular weight excluding hydrogens is 276 g/mol. The highest BCUT2D eigenvalue weighted by atomic mass is 35.5. The van der Waals surface area contributed by atoms with Crippen molar-refractivity contribution in [2.75, 3.05) is 6.54 Å². The minimum absolute atomic E-state index is 0. The molecule has 0 heterocycles. The average molecular weight is 305 g/mol. The fourth-order valence-corrected chi connectivity index (χ4v) is 3.50. The maximum Gasteiger partial charge on any atom is 0.223 e. The number of nitrogens with two attached hydrogens (primary N) is 1. The lowest BCUT2D eigenvalue weighted by atomic mass is 9.84. The van der Waals surface area contributed by atoms with Gasteiger partial charge in [-0.25, -0.2) is 0 Å². The van der Waals surface area contributed by atoms with Crippen LogP contribution in [0.3, 0.4) is 0 Å². The highest BCUT2D eigenvalue weighted by Crippen LogP contribution is 2.26. The Labute approximate surface area is 128 Å². The third-order valence-corrected chi connectivity index (χ3v) is 4.76. The molecule has 3 unspecified atom stereocenters. The predicted molar refractivity (Wildman–Crippen MR) is 82.8 cm³/mol. The standard InChI is InChI=1S/C15H28N2O2.ClH/c16-13-8-4-7-12(9-13)15(19)17-10-14(18)11-5-2-1-3-6-11;/h11-14,18H,1-10,16H2,(H,17,19);1H. The molecule has 2 saturated carbocycles. The molecule has 1 amide bonds. The van der Waals surface area contributed by atoms with Crippen LogP contribution >= 0.6 is 12.4 Å². The molecule has 4 nitrogen and oxygen atoms in total. The summed E-state index contributed by atoms with van der Waals surface area (Å²) < 4.78 is 0. The molecule has 0 spiro atoms. The van der Waals surface area contributed by atoms with Gasteiger partial charge in [0, 0.05) is 18.5 Å². The van der Waals surface area contributed by atoms with Gasteiger partial charge in [0.2, 0.25) is 5.91 Å². The van der Waals surface area contributed by atoms with Crippen molar-refractivity contribution in [1.82, 2.24) is 5.32 Å². The Hall–Kier alpha value is -0.320. The zero-order valence-electron chi connectivity index (χ0n) is 12.2. The Balaban J connectivity index is 0.00000200. The minimum atomic E-state index is -0.374. The van der Waals surface area contributed by atoms with Crippen LogP contribution in [-0.2, 0) is 4.79 Å². The first-order valence-electron chi connectivity index (χ1n) is 7.88. The summed E-state index contributed by atoms with van der Waals surface area (Å²) in [5, 5.41) is 13.1. The Morgan fingerprint density at radius 1 is 1.15 bits per heavy atom. The molecule has 2 rings (SSSR count). The maximum atomic E-state index is 12.1. The molecule has 0 radical (unpaired) electrons. The SMILES string of the molecule is Cl.NC1CCCC(C(=O)NCC(O)C2CCCCC2)C1. The average Bonchev–Trinajstić information content (AvgIpc) is 2.45. The summed E-state index contributed by atoms with van der Waals surface area (Å²) in [4.78, 5) is 12.1. The number of amides is 1. The quantitative estimate of drug-likeness (QED) is 0.743. The van der Waals surface area contributed by atoms with Gasteiger partial charge in [-0.05, 0) is 38.0 Å². The largest absolute Gasteiger partial charge is 0.391 e. The van der Waals surface area contributed by atoms with Crippen LogP contribution in [-0.4, -0.2) is 29.7 Å². The van der Waals surface area contributed by atoms with Crippen LogP contribution in [0, 0.1) is 11.8 Å². The molecule has 0 aromatic heterocycles. The van der Waals surface area contributed by atoms with Crippen LogP contribution in [0.15, 0.2) is 0 Å². The summed E-state index contributed by atoms with van der Waals surface area (Å²) in [5.74, 6) is 0.523. The van der Waals surface area contributed by atoms with Crippen LogP contribution in [0.5, 0.6) is 0 Å². The second-order valence-electron chi connectivity index (χ2n) is 6.33. The number of nitrogens with one attached hydrogen (secondary N) is 1. The summed E-state index contributed by atoms with van der Waals surface area (Å²) in [5.41, 5.74) is 5.91. The molecule has 2 aliphatic carbocycles. The normalized spacial score (nSPS) is 29.3. The van der Waals surface area contributed by atoms with Gasteiger partial charge in [0.25, 0.3) is 0 Å². The van der Waals surface area contributed by atoms with Crippen molar-refractivity contribution in [3.8, 4) is 0 Å². The van der Waals surface area contributed by atoms with Crippen LogP contribution < -0.4 is 11.1 Å². The molecule has 5 heteroatoms. The van der Waals surface area contributed by atoms with Crippen molar-refractivity contribution in [2.45, 2.75) is 69.9 Å². The lowest BCUT2D eigenvalue weighted by Gasteiger charge is -2.29. The number of rotatable bonds is 4. The van der Waals surface area contributed by atoms with Crippen LogP contribution in [0.1, 0.15) is 57.8 Å². The van der Waals surface area contributed by atoms with Gasteiger partial charge in [0.1, 0.15) is 0 Å². The van der Waals surface area contributed by atoms with E-state index in [1.807, 2.05) is 0 Å². The summed E-state index contributed by atoms with van der Waals surface area (Å²) in [6.45, 7) is 0.412. The van der Waals surface area contributed by atoms with E-state index in [9.17, 15) is 9.90 Å². The van der Waals surface area contributed by atoms with Gasteiger partial charge in [-0.15, -0.1) is 12.4 Å². The first-order chi connectivity index (χ1) is 9.16. The van der Waals surface area contributed by atoms with E-state index in [1.165, 1.54) is 19.3 Å². The number of carbonyl (C=O) groups is 1.